The lowest BCUT2D eigenvalue weighted by molar-refractivity contribution is -0.00275. The summed E-state index contributed by atoms with van der Waals surface area (Å²) in [6, 6.07) is 13.0. The number of aromatic nitrogens is 2. The number of nitrogens with one attached hydrogen (secondary N) is 2. The molecular weight excluding hydrogens is 589 g/mol. The van der Waals surface area contributed by atoms with E-state index in [4.69, 9.17) is 4.74 Å². The molecule has 3 unspecified atom stereocenters. The number of likely N-dealkylation sites (N-methyl/N-ethyl adjacent to an activating group) is 1. The van der Waals surface area contributed by atoms with E-state index < -0.39 is 16.0 Å². The van der Waals surface area contributed by atoms with Crippen molar-refractivity contribution >= 4 is 46.8 Å². The highest BCUT2D eigenvalue weighted by Gasteiger charge is 2.39. The monoisotopic (exact) mass is 623 g/mol. The van der Waals surface area contributed by atoms with Gasteiger partial charge in [-0.2, -0.15) is 4.98 Å². The number of likely N-dealkylation sites (tertiary alicyclic amines) is 1. The van der Waals surface area contributed by atoms with Crippen molar-refractivity contribution < 1.29 is 23.1 Å². The van der Waals surface area contributed by atoms with Crippen molar-refractivity contribution in [1.29, 1.82) is 0 Å². The summed E-state index contributed by atoms with van der Waals surface area (Å²) in [5.41, 5.74) is 3.23. The van der Waals surface area contributed by atoms with Gasteiger partial charge in [0.2, 0.25) is 11.8 Å². The number of piperidine rings is 2. The standard InChI is InChI=1S/C28H33N5O5S.2ClH/c1-17-7-4-8-18(2)25(17)22-14-24(38-23-16-29-15-20-10-6-12-33(3)26(20)23)31-28(30-22)32-39(36,37)21-11-5-9-19(13-21)27(34)35;;/h4-5,7-9,11,13-14,20,23,26,29H,6,10,12,15-16H2,1-3H3,(H,34,35)(H,30,31,32);2*1H. The summed E-state index contributed by atoms with van der Waals surface area (Å²) >= 11 is 0. The molecule has 3 N–H and O–H groups in total. The van der Waals surface area contributed by atoms with Crippen molar-refractivity contribution in [3.8, 4) is 17.1 Å². The van der Waals surface area contributed by atoms with Crippen molar-refractivity contribution in [1.82, 2.24) is 20.2 Å². The molecule has 3 aromatic rings. The number of rotatable bonds is 7. The molecule has 2 aliphatic rings. The molecule has 2 aliphatic heterocycles. The number of nitrogens with zero attached hydrogens (tertiary/aromatic N) is 3. The molecule has 0 saturated carbocycles. The molecule has 0 amide bonds. The molecule has 0 aliphatic carbocycles. The van der Waals surface area contributed by atoms with Gasteiger partial charge in [-0.05, 0) is 82.1 Å². The van der Waals surface area contributed by atoms with E-state index in [9.17, 15) is 18.3 Å². The second-order valence-corrected chi connectivity index (χ2v) is 12.0. The number of sulfonamides is 1. The minimum absolute atomic E-state index is 0. The van der Waals surface area contributed by atoms with Gasteiger partial charge in [0.05, 0.1) is 22.2 Å². The van der Waals surface area contributed by atoms with E-state index in [0.717, 1.165) is 48.7 Å². The van der Waals surface area contributed by atoms with Crippen LogP contribution in [0.1, 0.15) is 34.3 Å². The highest BCUT2D eigenvalue weighted by atomic mass is 35.5. The molecule has 2 saturated heterocycles. The fourth-order valence-electron chi connectivity index (χ4n) is 5.74. The molecule has 1 aromatic heterocycles. The van der Waals surface area contributed by atoms with Crippen molar-refractivity contribution in [3.63, 3.8) is 0 Å². The van der Waals surface area contributed by atoms with E-state index in [1.807, 2.05) is 32.0 Å². The average Bonchev–Trinajstić information content (AvgIpc) is 2.88. The van der Waals surface area contributed by atoms with E-state index in [1.165, 1.54) is 18.2 Å². The van der Waals surface area contributed by atoms with Crippen LogP contribution in [0, 0.1) is 19.8 Å². The summed E-state index contributed by atoms with van der Waals surface area (Å²) in [6.45, 7) is 6.53. The summed E-state index contributed by atoms with van der Waals surface area (Å²) in [6.07, 6.45) is 2.09. The molecule has 0 radical (unpaired) electrons. The molecule has 0 bridgehead atoms. The van der Waals surface area contributed by atoms with Gasteiger partial charge in [0, 0.05) is 18.2 Å². The Morgan fingerprint density at radius 1 is 1.07 bits per heavy atom. The van der Waals surface area contributed by atoms with Gasteiger partial charge in [-0.3, -0.25) is 4.90 Å². The molecule has 13 heteroatoms. The van der Waals surface area contributed by atoms with Gasteiger partial charge >= 0.3 is 5.97 Å². The Balaban J connectivity index is 0.00000231. The third-order valence-corrected chi connectivity index (χ3v) is 8.87. The number of hydrogen-bond donors (Lipinski definition) is 3. The molecule has 3 atom stereocenters. The Hall–Kier alpha value is -2.96. The number of benzene rings is 2. The van der Waals surface area contributed by atoms with E-state index >= 15 is 0 Å². The molecule has 41 heavy (non-hydrogen) atoms. The zero-order valence-electron chi connectivity index (χ0n) is 23.0. The predicted molar refractivity (Wildman–Crippen MR) is 162 cm³/mol. The zero-order chi connectivity index (χ0) is 27.7. The summed E-state index contributed by atoms with van der Waals surface area (Å²) in [7, 11) is -2.06. The van der Waals surface area contributed by atoms with Crippen molar-refractivity contribution in [2.75, 3.05) is 31.4 Å². The summed E-state index contributed by atoms with van der Waals surface area (Å²) in [5, 5.41) is 12.8. The lowest BCUT2D eigenvalue weighted by Gasteiger charge is -2.46. The van der Waals surface area contributed by atoms with Gasteiger partial charge < -0.3 is 15.2 Å². The Morgan fingerprint density at radius 2 is 1.78 bits per heavy atom. The van der Waals surface area contributed by atoms with Crippen LogP contribution in [0.4, 0.5) is 5.95 Å². The topological polar surface area (TPSA) is 134 Å². The van der Waals surface area contributed by atoms with Crippen LogP contribution in [0.2, 0.25) is 0 Å². The van der Waals surface area contributed by atoms with E-state index in [0.29, 0.717) is 18.2 Å². The Labute approximate surface area is 252 Å². The fourth-order valence-corrected chi connectivity index (χ4v) is 6.73. The van der Waals surface area contributed by atoms with Crippen LogP contribution in [0.25, 0.3) is 11.3 Å². The Kier molecular flexibility index (Phi) is 10.6. The minimum atomic E-state index is -4.18. The van der Waals surface area contributed by atoms with Gasteiger partial charge in [-0.1, -0.05) is 24.3 Å². The maximum absolute atomic E-state index is 13.2. The number of ether oxygens (including phenoxy) is 1. The highest BCUT2D eigenvalue weighted by Crippen LogP contribution is 2.32. The first kappa shape index (κ1) is 32.6. The number of aryl methyl sites for hydroxylation is 2. The van der Waals surface area contributed by atoms with Gasteiger partial charge in [0.25, 0.3) is 10.0 Å². The molecule has 222 valence electrons. The molecular formula is C28H35Cl2N5O5S. The van der Waals surface area contributed by atoms with E-state index in [-0.39, 0.29) is 59.2 Å². The Morgan fingerprint density at radius 3 is 2.49 bits per heavy atom. The largest absolute Gasteiger partial charge is 0.478 e. The van der Waals surface area contributed by atoms with Crippen LogP contribution in [0.3, 0.4) is 0 Å². The van der Waals surface area contributed by atoms with Crippen molar-refractivity contribution in [2.45, 2.75) is 43.7 Å². The number of carboxylic acids is 1. The Bertz CT molecular complexity index is 1480. The number of anilines is 1. The first-order valence-electron chi connectivity index (χ1n) is 13.0. The SMILES string of the molecule is Cc1cccc(C)c1-c1cc(OC2CNCC3CCCN(C)C32)nc(NS(=O)(=O)c2cccc(C(=O)O)c2)n1.Cl.Cl. The quantitative estimate of drug-likeness (QED) is 0.354. The van der Waals surface area contributed by atoms with Crippen LogP contribution in [-0.4, -0.2) is 73.2 Å². The van der Waals surface area contributed by atoms with Gasteiger partial charge in [-0.15, -0.1) is 24.8 Å². The van der Waals surface area contributed by atoms with Crippen LogP contribution < -0.4 is 14.8 Å². The lowest BCUT2D eigenvalue weighted by Crippen LogP contribution is -2.61. The molecule has 2 fully saturated rings. The molecule has 5 rings (SSSR count). The minimum Gasteiger partial charge on any atom is -0.478 e. The summed E-state index contributed by atoms with van der Waals surface area (Å²) in [4.78, 5) is 22.6. The van der Waals surface area contributed by atoms with Gasteiger partial charge in [0.1, 0.15) is 6.10 Å². The molecule has 3 heterocycles. The van der Waals surface area contributed by atoms with Crippen molar-refractivity contribution in [2.24, 2.45) is 5.92 Å². The lowest BCUT2D eigenvalue weighted by atomic mass is 9.83. The number of carbonyl (C=O) groups is 1. The maximum Gasteiger partial charge on any atom is 0.335 e. The van der Waals surface area contributed by atoms with E-state index in [2.05, 4.69) is 32.0 Å². The number of hydrogen-bond acceptors (Lipinski definition) is 8. The second kappa shape index (κ2) is 13.3. The predicted octanol–water partition coefficient (Wildman–Crippen LogP) is 4.16. The highest BCUT2D eigenvalue weighted by molar-refractivity contribution is 7.92. The first-order chi connectivity index (χ1) is 18.6. The van der Waals surface area contributed by atoms with Crippen LogP contribution in [0.15, 0.2) is 53.4 Å². The van der Waals surface area contributed by atoms with Crippen molar-refractivity contribution in [3.05, 3.63) is 65.2 Å². The van der Waals surface area contributed by atoms with Crippen LogP contribution in [0.5, 0.6) is 5.88 Å². The molecule has 0 spiro atoms. The van der Waals surface area contributed by atoms with Gasteiger partial charge in [0.15, 0.2) is 0 Å². The van der Waals surface area contributed by atoms with Crippen LogP contribution in [-0.2, 0) is 10.0 Å². The number of carboxylic acid groups (broad SMARTS) is 1. The van der Waals surface area contributed by atoms with Crippen LogP contribution >= 0.6 is 24.8 Å². The number of halogens is 2. The first-order valence-corrected chi connectivity index (χ1v) is 14.5. The maximum atomic E-state index is 13.2. The average molecular weight is 625 g/mol. The second-order valence-electron chi connectivity index (χ2n) is 10.3. The molecule has 2 aromatic carbocycles. The summed E-state index contributed by atoms with van der Waals surface area (Å²) in [5.74, 6) is -0.640. The third kappa shape index (κ3) is 7.10. The normalized spacial score (nSPS) is 20.6. The summed E-state index contributed by atoms with van der Waals surface area (Å²) < 4.78 is 35.4. The van der Waals surface area contributed by atoms with Gasteiger partial charge in [-0.25, -0.2) is 22.9 Å². The fraction of sp³-hybridized carbons (Fsp3) is 0.393. The smallest absolute Gasteiger partial charge is 0.335 e. The molecule has 10 nitrogen and oxygen atoms in total. The number of fused-ring (bicyclic) bond motifs is 1. The zero-order valence-corrected chi connectivity index (χ0v) is 25.5. The third-order valence-electron chi connectivity index (χ3n) is 7.54. The number of aromatic carboxylic acids is 1. The van der Waals surface area contributed by atoms with E-state index in [1.54, 1.807) is 6.07 Å².